The lowest BCUT2D eigenvalue weighted by Crippen LogP contribution is -2.43. The molecule has 2 heterocycles. The van der Waals surface area contributed by atoms with Crippen molar-refractivity contribution in [3.8, 4) is 0 Å². The Kier molecular flexibility index (Phi) is 8.25. The summed E-state index contributed by atoms with van der Waals surface area (Å²) >= 11 is 6.03. The van der Waals surface area contributed by atoms with Gasteiger partial charge in [-0.25, -0.2) is 4.79 Å². The van der Waals surface area contributed by atoms with Crippen LogP contribution < -0.4 is 5.32 Å². The molecular formula is C17H21Cl3N2O3. The number of nitrogens with zero attached hydrogens (tertiary/aromatic N) is 1. The van der Waals surface area contributed by atoms with Crippen LogP contribution in [0.25, 0.3) is 10.9 Å². The molecule has 1 aliphatic heterocycles. The largest absolute Gasteiger partial charge is 0.478 e. The van der Waals surface area contributed by atoms with E-state index in [4.69, 9.17) is 11.6 Å². The summed E-state index contributed by atoms with van der Waals surface area (Å²) in [6, 6.07) is 5.14. The van der Waals surface area contributed by atoms with Gasteiger partial charge in [-0.2, -0.15) is 0 Å². The standard InChI is InChI=1S/C17H19ClN2O3.2ClH/c18-11-5-6-12-13(17(22)23)10-20(15(12)9-11)8-2-3-14-16(21)4-1-7-19-14;;/h2-3,5-6,9-10,14,16,19,21H,1,4,7-8H2,(H,22,23);2*1H/b3-2+;;/t14-,16-;;/m0../s1. The highest BCUT2D eigenvalue weighted by atomic mass is 35.5. The number of fused-ring (bicyclic) bond motifs is 1. The number of carboxylic acids is 1. The molecule has 138 valence electrons. The number of nitrogens with one attached hydrogen (secondary N) is 1. The van der Waals surface area contributed by atoms with E-state index in [0.717, 1.165) is 24.9 Å². The number of benzene rings is 1. The van der Waals surface area contributed by atoms with Gasteiger partial charge in [0.25, 0.3) is 0 Å². The molecule has 0 bridgehead atoms. The average Bonchev–Trinajstić information content (AvgIpc) is 2.87. The van der Waals surface area contributed by atoms with Crippen molar-refractivity contribution < 1.29 is 15.0 Å². The Morgan fingerprint density at radius 2 is 2.16 bits per heavy atom. The van der Waals surface area contributed by atoms with E-state index < -0.39 is 5.97 Å². The number of aliphatic hydroxyl groups is 1. The van der Waals surface area contributed by atoms with Crippen LogP contribution in [0.1, 0.15) is 23.2 Å². The van der Waals surface area contributed by atoms with E-state index in [0.29, 0.717) is 17.0 Å². The van der Waals surface area contributed by atoms with E-state index in [2.05, 4.69) is 5.32 Å². The second-order valence-electron chi connectivity index (χ2n) is 5.78. The van der Waals surface area contributed by atoms with Crippen LogP contribution >= 0.6 is 36.4 Å². The number of hydrogen-bond acceptors (Lipinski definition) is 3. The van der Waals surface area contributed by atoms with Gasteiger partial charge in [0, 0.05) is 23.2 Å². The predicted octanol–water partition coefficient (Wildman–Crippen LogP) is 3.51. The van der Waals surface area contributed by atoms with Crippen LogP contribution in [0.5, 0.6) is 0 Å². The maximum absolute atomic E-state index is 11.4. The van der Waals surface area contributed by atoms with Crippen LogP contribution in [0.3, 0.4) is 0 Å². The Morgan fingerprint density at radius 3 is 2.84 bits per heavy atom. The molecule has 0 saturated carbocycles. The van der Waals surface area contributed by atoms with E-state index in [9.17, 15) is 15.0 Å². The summed E-state index contributed by atoms with van der Waals surface area (Å²) in [6.07, 6.45) is 6.92. The molecule has 3 N–H and O–H groups in total. The highest BCUT2D eigenvalue weighted by Crippen LogP contribution is 2.25. The lowest BCUT2D eigenvalue weighted by Gasteiger charge is -2.26. The maximum atomic E-state index is 11.4. The third-order valence-electron chi connectivity index (χ3n) is 4.19. The number of piperidine rings is 1. The minimum atomic E-state index is -0.954. The first kappa shape index (κ1) is 21.8. The Morgan fingerprint density at radius 1 is 1.40 bits per heavy atom. The number of aromatic carboxylic acids is 1. The topological polar surface area (TPSA) is 74.5 Å². The van der Waals surface area contributed by atoms with Crippen LogP contribution in [0.4, 0.5) is 0 Å². The van der Waals surface area contributed by atoms with Gasteiger partial charge in [-0.3, -0.25) is 0 Å². The molecule has 1 saturated heterocycles. The van der Waals surface area contributed by atoms with Crippen molar-refractivity contribution in [3.63, 3.8) is 0 Å². The van der Waals surface area contributed by atoms with Gasteiger partial charge in [0.2, 0.25) is 0 Å². The van der Waals surface area contributed by atoms with E-state index >= 15 is 0 Å². The molecule has 0 radical (unpaired) electrons. The van der Waals surface area contributed by atoms with Crippen LogP contribution in [-0.4, -0.2) is 39.4 Å². The molecular weight excluding hydrogens is 387 g/mol. The fraction of sp³-hybridized carbons (Fsp3) is 0.353. The Labute approximate surface area is 163 Å². The molecule has 1 aliphatic rings. The monoisotopic (exact) mass is 406 g/mol. The number of aromatic nitrogens is 1. The van der Waals surface area contributed by atoms with Crippen LogP contribution in [0.2, 0.25) is 5.02 Å². The Balaban J connectivity index is 0.00000156. The molecule has 3 rings (SSSR count). The smallest absolute Gasteiger partial charge is 0.337 e. The van der Waals surface area contributed by atoms with Crippen molar-refractivity contribution >= 4 is 53.3 Å². The average molecular weight is 408 g/mol. The molecule has 5 nitrogen and oxygen atoms in total. The molecule has 0 unspecified atom stereocenters. The summed E-state index contributed by atoms with van der Waals surface area (Å²) in [6.45, 7) is 1.42. The minimum absolute atomic E-state index is 0. The summed E-state index contributed by atoms with van der Waals surface area (Å²) in [7, 11) is 0. The van der Waals surface area contributed by atoms with E-state index in [1.807, 2.05) is 16.7 Å². The first-order chi connectivity index (χ1) is 11.1. The quantitative estimate of drug-likeness (QED) is 0.678. The van der Waals surface area contributed by atoms with Crippen molar-refractivity contribution in [1.82, 2.24) is 9.88 Å². The third-order valence-corrected chi connectivity index (χ3v) is 4.43. The van der Waals surface area contributed by atoms with Gasteiger partial charge in [-0.1, -0.05) is 29.8 Å². The Bertz CT molecular complexity index is 761. The normalized spacial score (nSPS) is 20.2. The fourth-order valence-electron chi connectivity index (χ4n) is 3.00. The number of rotatable bonds is 4. The number of halogens is 3. The number of aliphatic hydroxyl groups excluding tert-OH is 1. The molecule has 8 heteroatoms. The third kappa shape index (κ3) is 4.90. The van der Waals surface area contributed by atoms with E-state index in [1.54, 1.807) is 24.4 Å². The summed E-state index contributed by atoms with van der Waals surface area (Å²) in [5, 5.41) is 23.8. The summed E-state index contributed by atoms with van der Waals surface area (Å²) in [5.74, 6) is -0.954. The van der Waals surface area contributed by atoms with Crippen molar-refractivity contribution in [2.24, 2.45) is 0 Å². The van der Waals surface area contributed by atoms with Crippen molar-refractivity contribution in [2.75, 3.05) is 6.54 Å². The maximum Gasteiger partial charge on any atom is 0.337 e. The lowest BCUT2D eigenvalue weighted by atomic mass is 10.0. The highest BCUT2D eigenvalue weighted by Gasteiger charge is 2.19. The minimum Gasteiger partial charge on any atom is -0.478 e. The summed E-state index contributed by atoms with van der Waals surface area (Å²) < 4.78 is 1.86. The second-order valence-corrected chi connectivity index (χ2v) is 6.22. The molecule has 0 spiro atoms. The zero-order valence-electron chi connectivity index (χ0n) is 13.4. The molecule has 25 heavy (non-hydrogen) atoms. The first-order valence-electron chi connectivity index (χ1n) is 7.66. The van der Waals surface area contributed by atoms with Crippen LogP contribution in [0.15, 0.2) is 36.5 Å². The Hall–Kier alpha value is -1.24. The van der Waals surface area contributed by atoms with Gasteiger partial charge in [-0.15, -0.1) is 24.8 Å². The molecule has 1 aromatic carbocycles. The molecule has 1 aromatic heterocycles. The fourth-order valence-corrected chi connectivity index (χ4v) is 3.17. The van der Waals surface area contributed by atoms with Crippen LogP contribution in [0, 0.1) is 0 Å². The lowest BCUT2D eigenvalue weighted by molar-refractivity contribution is 0.0699. The zero-order chi connectivity index (χ0) is 16.4. The highest BCUT2D eigenvalue weighted by molar-refractivity contribution is 6.31. The first-order valence-corrected chi connectivity index (χ1v) is 8.04. The molecule has 1 fully saturated rings. The van der Waals surface area contributed by atoms with Gasteiger partial charge < -0.3 is 20.1 Å². The summed E-state index contributed by atoms with van der Waals surface area (Å²) in [4.78, 5) is 11.4. The number of hydrogen-bond donors (Lipinski definition) is 3. The second kappa shape index (κ2) is 9.46. The SMILES string of the molecule is Cl.Cl.O=C(O)c1cn(C/C=C/[C@@H]2NCCC[C@@H]2O)c2cc(Cl)ccc12. The molecule has 0 aliphatic carbocycles. The van der Waals surface area contributed by atoms with Gasteiger partial charge in [-0.05, 0) is 31.5 Å². The van der Waals surface area contributed by atoms with E-state index in [1.165, 1.54) is 0 Å². The number of carboxylic acid groups (broad SMARTS) is 1. The van der Waals surface area contributed by atoms with Gasteiger partial charge >= 0.3 is 5.97 Å². The van der Waals surface area contributed by atoms with Crippen molar-refractivity contribution in [3.05, 3.63) is 47.1 Å². The number of carbonyl (C=O) groups is 1. The molecule has 2 aromatic rings. The van der Waals surface area contributed by atoms with Gasteiger partial charge in [0.15, 0.2) is 0 Å². The molecule has 0 amide bonds. The number of allylic oxidation sites excluding steroid dienone is 1. The van der Waals surface area contributed by atoms with E-state index in [-0.39, 0.29) is 42.5 Å². The van der Waals surface area contributed by atoms with Gasteiger partial charge in [0.1, 0.15) is 0 Å². The van der Waals surface area contributed by atoms with Gasteiger partial charge in [0.05, 0.1) is 23.2 Å². The van der Waals surface area contributed by atoms with Crippen molar-refractivity contribution in [2.45, 2.75) is 31.5 Å². The van der Waals surface area contributed by atoms with Crippen molar-refractivity contribution in [1.29, 1.82) is 0 Å². The zero-order valence-corrected chi connectivity index (χ0v) is 15.8. The predicted molar refractivity (Wildman–Crippen MR) is 105 cm³/mol. The summed E-state index contributed by atoms with van der Waals surface area (Å²) in [5.41, 5.74) is 1.05. The van der Waals surface area contributed by atoms with Crippen LogP contribution in [-0.2, 0) is 6.54 Å². The molecule has 2 atom stereocenters.